The minimum absolute atomic E-state index is 0. The number of carboxylic acids is 1. The van der Waals surface area contributed by atoms with Crippen LogP contribution in [0.4, 0.5) is 0 Å². The van der Waals surface area contributed by atoms with Crippen LogP contribution in [0.1, 0.15) is 12.8 Å². The molecule has 1 unspecified atom stereocenters. The number of hydrogen-bond donors (Lipinski definition) is 2. The predicted molar refractivity (Wildman–Crippen MR) is 28.7 cm³/mol. The third-order valence-corrected chi connectivity index (χ3v) is 1.36. The Kier molecular flexibility index (Phi) is 3.94. The Labute approximate surface area is 65.7 Å². The number of aliphatic carboxylic acids is 1. The van der Waals surface area contributed by atoms with Crippen LogP contribution in [0.25, 0.3) is 0 Å². The van der Waals surface area contributed by atoms with Gasteiger partial charge in [0.25, 0.3) is 0 Å². The molecule has 3 nitrogen and oxygen atoms in total. The van der Waals surface area contributed by atoms with Gasteiger partial charge in [0.2, 0.25) is 0 Å². The Morgan fingerprint density at radius 3 is 2.56 bits per heavy atom. The molecule has 0 aromatic heterocycles. The van der Waals surface area contributed by atoms with Gasteiger partial charge in [0, 0.05) is 18.6 Å². The fourth-order valence-corrected chi connectivity index (χ4v) is 0.895. The topological polar surface area (TPSA) is 49.3 Å². The van der Waals surface area contributed by atoms with Crippen molar-refractivity contribution in [3.8, 4) is 0 Å². The van der Waals surface area contributed by atoms with E-state index in [2.05, 4.69) is 5.32 Å². The Hall–Kier alpha value is 0.0144. The van der Waals surface area contributed by atoms with E-state index in [-0.39, 0.29) is 24.6 Å². The minimum atomic E-state index is -0.720. The van der Waals surface area contributed by atoms with Crippen LogP contribution in [0, 0.1) is 0 Å². The van der Waals surface area contributed by atoms with E-state index in [0.717, 1.165) is 19.4 Å². The van der Waals surface area contributed by atoms with E-state index in [1.165, 1.54) is 0 Å². The summed E-state index contributed by atoms with van der Waals surface area (Å²) < 4.78 is 0. The average molecular weight is 166 g/mol. The molecule has 0 saturated carbocycles. The second-order valence-electron chi connectivity index (χ2n) is 1.99. The largest absolute Gasteiger partial charge is 0.480 e. The predicted octanol–water partition coefficient (Wildman–Crippen LogP) is -0.179. The molecule has 9 heavy (non-hydrogen) atoms. The smallest absolute Gasteiger partial charge is 0.320 e. The summed E-state index contributed by atoms with van der Waals surface area (Å²) in [6.07, 6.45) is 1.78. The first-order valence-corrected chi connectivity index (χ1v) is 2.77. The first-order chi connectivity index (χ1) is 3.80. The molecule has 0 bridgehead atoms. The van der Waals surface area contributed by atoms with Crippen molar-refractivity contribution in [2.75, 3.05) is 6.54 Å². The maximum Gasteiger partial charge on any atom is 0.320 e. The van der Waals surface area contributed by atoms with E-state index in [1.54, 1.807) is 0 Å². The Balaban J connectivity index is 0.000000640. The van der Waals surface area contributed by atoms with Gasteiger partial charge in [0.15, 0.2) is 0 Å². The second kappa shape index (κ2) is 3.93. The van der Waals surface area contributed by atoms with Crippen molar-refractivity contribution in [2.24, 2.45) is 0 Å². The molecule has 51 valence electrons. The first kappa shape index (κ1) is 9.01. The summed E-state index contributed by atoms with van der Waals surface area (Å²) in [6.45, 7) is 0.858. The number of nitrogens with one attached hydrogen (secondary N) is 1. The van der Waals surface area contributed by atoms with Crippen LogP contribution in [0.15, 0.2) is 0 Å². The van der Waals surface area contributed by atoms with Gasteiger partial charge < -0.3 is 10.4 Å². The maximum atomic E-state index is 10.1. The van der Waals surface area contributed by atoms with Crippen molar-refractivity contribution < 1.29 is 28.5 Å². The molecular formula is C5H9NO2V. The van der Waals surface area contributed by atoms with Gasteiger partial charge >= 0.3 is 5.97 Å². The number of hydrogen-bond acceptors (Lipinski definition) is 2. The molecule has 1 saturated heterocycles. The van der Waals surface area contributed by atoms with Crippen LogP contribution in [0.3, 0.4) is 0 Å². The summed E-state index contributed by atoms with van der Waals surface area (Å²) in [6, 6.07) is -0.269. The number of carbonyl (C=O) groups is 1. The zero-order valence-corrected chi connectivity index (χ0v) is 6.40. The SMILES string of the molecule is O=C(O)C1CCCN1.[V]. The molecule has 1 radical (unpaired) electrons. The van der Waals surface area contributed by atoms with Crippen LogP contribution in [0.5, 0.6) is 0 Å². The van der Waals surface area contributed by atoms with Crippen LogP contribution in [-0.2, 0) is 23.4 Å². The minimum Gasteiger partial charge on any atom is -0.480 e. The van der Waals surface area contributed by atoms with E-state index in [4.69, 9.17) is 5.11 Å². The summed E-state index contributed by atoms with van der Waals surface area (Å²) in [7, 11) is 0. The van der Waals surface area contributed by atoms with Gasteiger partial charge in [-0.15, -0.1) is 0 Å². The zero-order valence-electron chi connectivity index (χ0n) is 5.00. The molecule has 1 aliphatic heterocycles. The van der Waals surface area contributed by atoms with Gasteiger partial charge in [0.1, 0.15) is 6.04 Å². The molecule has 4 heteroatoms. The van der Waals surface area contributed by atoms with Gasteiger partial charge in [-0.1, -0.05) is 0 Å². The Bertz CT molecular complexity index is 101. The molecule has 0 spiro atoms. The Morgan fingerprint density at radius 2 is 2.33 bits per heavy atom. The standard InChI is InChI=1S/C5H9NO2.V/c7-5(8)4-2-1-3-6-4;/h4,6H,1-3H2,(H,7,8);. The molecular weight excluding hydrogens is 157 g/mol. The van der Waals surface area contributed by atoms with Gasteiger partial charge in [-0.05, 0) is 19.4 Å². The van der Waals surface area contributed by atoms with Crippen LogP contribution < -0.4 is 5.32 Å². The van der Waals surface area contributed by atoms with E-state index >= 15 is 0 Å². The van der Waals surface area contributed by atoms with E-state index < -0.39 is 5.97 Å². The first-order valence-electron chi connectivity index (χ1n) is 2.77. The van der Waals surface area contributed by atoms with Crippen LogP contribution >= 0.6 is 0 Å². The van der Waals surface area contributed by atoms with Gasteiger partial charge in [-0.2, -0.15) is 0 Å². The second-order valence-corrected chi connectivity index (χ2v) is 1.99. The summed E-state index contributed by atoms with van der Waals surface area (Å²) in [5.41, 5.74) is 0. The molecule has 2 N–H and O–H groups in total. The van der Waals surface area contributed by atoms with Crippen molar-refractivity contribution in [1.82, 2.24) is 5.32 Å². The van der Waals surface area contributed by atoms with Gasteiger partial charge in [-0.25, -0.2) is 0 Å². The van der Waals surface area contributed by atoms with Crippen molar-refractivity contribution in [2.45, 2.75) is 18.9 Å². The molecule has 0 aromatic rings. The third kappa shape index (κ3) is 2.39. The number of rotatable bonds is 1. The van der Waals surface area contributed by atoms with E-state index in [1.807, 2.05) is 0 Å². The molecule has 0 aliphatic carbocycles. The number of carboxylic acid groups (broad SMARTS) is 1. The van der Waals surface area contributed by atoms with Crippen molar-refractivity contribution >= 4 is 5.97 Å². The summed E-state index contributed by atoms with van der Waals surface area (Å²) in [5.74, 6) is -0.720. The molecule has 1 aliphatic rings. The van der Waals surface area contributed by atoms with Gasteiger partial charge in [-0.3, -0.25) is 4.79 Å². The molecule has 1 heterocycles. The summed E-state index contributed by atoms with van der Waals surface area (Å²) in [5, 5.41) is 11.2. The van der Waals surface area contributed by atoms with E-state index in [9.17, 15) is 4.79 Å². The average Bonchev–Trinajstić information content (AvgIpc) is 2.12. The monoisotopic (exact) mass is 166 g/mol. The fourth-order valence-electron chi connectivity index (χ4n) is 0.895. The molecule has 0 amide bonds. The van der Waals surface area contributed by atoms with E-state index in [0.29, 0.717) is 0 Å². The normalized spacial score (nSPS) is 25.1. The van der Waals surface area contributed by atoms with Crippen LogP contribution in [0.2, 0.25) is 0 Å². The molecule has 0 aromatic carbocycles. The molecule has 1 atom stereocenters. The summed E-state index contributed by atoms with van der Waals surface area (Å²) >= 11 is 0. The van der Waals surface area contributed by atoms with Crippen LogP contribution in [-0.4, -0.2) is 23.7 Å². The van der Waals surface area contributed by atoms with Crippen molar-refractivity contribution in [3.05, 3.63) is 0 Å². The third-order valence-electron chi connectivity index (χ3n) is 1.36. The summed E-state index contributed by atoms with van der Waals surface area (Å²) in [4.78, 5) is 10.1. The van der Waals surface area contributed by atoms with Gasteiger partial charge in [0.05, 0.1) is 0 Å². The molecule has 1 rings (SSSR count). The van der Waals surface area contributed by atoms with Crippen molar-refractivity contribution in [1.29, 1.82) is 0 Å². The maximum absolute atomic E-state index is 10.1. The molecule has 1 fully saturated rings. The quantitative estimate of drug-likeness (QED) is 0.568. The van der Waals surface area contributed by atoms with Crippen molar-refractivity contribution in [3.63, 3.8) is 0 Å². The Morgan fingerprint density at radius 1 is 1.67 bits per heavy atom. The fraction of sp³-hybridized carbons (Fsp3) is 0.800. The zero-order chi connectivity index (χ0) is 5.98.